The molecule has 1 fully saturated rings. The zero-order valence-corrected chi connectivity index (χ0v) is 12.2. The molecule has 1 aliphatic carbocycles. The highest BCUT2D eigenvalue weighted by atomic mass is 16.5. The summed E-state index contributed by atoms with van der Waals surface area (Å²) in [7, 11) is 1.65. The number of rotatable bonds is 5. The van der Waals surface area contributed by atoms with Crippen LogP contribution in [0.3, 0.4) is 0 Å². The summed E-state index contributed by atoms with van der Waals surface area (Å²) >= 11 is 0. The minimum absolute atomic E-state index is 0.516. The summed E-state index contributed by atoms with van der Waals surface area (Å²) in [5, 5.41) is 4.01. The Morgan fingerprint density at radius 3 is 2.85 bits per heavy atom. The molecule has 1 aromatic carbocycles. The summed E-state index contributed by atoms with van der Waals surface area (Å²) < 4.78 is 10.7. The first-order valence-corrected chi connectivity index (χ1v) is 7.05. The van der Waals surface area contributed by atoms with Crippen molar-refractivity contribution in [2.45, 2.75) is 44.6 Å². The number of aromatic nitrogens is 2. The maximum atomic E-state index is 5.36. The molecule has 106 valence electrons. The van der Waals surface area contributed by atoms with Crippen LogP contribution in [0.2, 0.25) is 0 Å². The van der Waals surface area contributed by atoms with Crippen LogP contribution in [0.15, 0.2) is 28.8 Å². The molecule has 2 aromatic rings. The van der Waals surface area contributed by atoms with Crippen molar-refractivity contribution < 1.29 is 9.26 Å². The summed E-state index contributed by atoms with van der Waals surface area (Å²) in [5.41, 5.74) is 2.14. The van der Waals surface area contributed by atoms with E-state index in [2.05, 4.69) is 34.4 Å². The van der Waals surface area contributed by atoms with Gasteiger partial charge < -0.3 is 9.26 Å². The van der Waals surface area contributed by atoms with E-state index in [0.717, 1.165) is 5.92 Å². The van der Waals surface area contributed by atoms with Crippen LogP contribution < -0.4 is 0 Å². The molecule has 0 amide bonds. The molecule has 20 heavy (non-hydrogen) atoms. The Labute approximate surface area is 119 Å². The second-order valence-electron chi connectivity index (χ2n) is 5.92. The average molecular weight is 272 g/mol. The zero-order valence-electron chi connectivity index (χ0n) is 12.2. The Hall–Kier alpha value is -1.68. The number of hydrogen-bond acceptors (Lipinski definition) is 4. The van der Waals surface area contributed by atoms with Gasteiger partial charge >= 0.3 is 0 Å². The SMILES string of the molecule is COC(C)(C)c1noc(Cc2cccc(C3CC3)c2)n1. The number of nitrogens with zero attached hydrogens (tertiary/aromatic N) is 2. The van der Waals surface area contributed by atoms with E-state index in [1.807, 2.05) is 13.8 Å². The molecule has 0 radical (unpaired) electrons. The lowest BCUT2D eigenvalue weighted by Crippen LogP contribution is -2.21. The summed E-state index contributed by atoms with van der Waals surface area (Å²) in [5.74, 6) is 1.99. The second-order valence-corrected chi connectivity index (χ2v) is 5.92. The Bertz CT molecular complexity index is 600. The van der Waals surface area contributed by atoms with Gasteiger partial charge in [0.1, 0.15) is 5.60 Å². The minimum atomic E-state index is -0.516. The smallest absolute Gasteiger partial charge is 0.231 e. The normalized spacial score (nSPS) is 15.6. The predicted molar refractivity (Wildman–Crippen MR) is 75.6 cm³/mol. The Morgan fingerprint density at radius 1 is 1.35 bits per heavy atom. The first kappa shape index (κ1) is 13.3. The fourth-order valence-electron chi connectivity index (χ4n) is 2.21. The van der Waals surface area contributed by atoms with Crippen molar-refractivity contribution in [2.24, 2.45) is 0 Å². The summed E-state index contributed by atoms with van der Waals surface area (Å²) in [6.07, 6.45) is 3.31. The van der Waals surface area contributed by atoms with Crippen LogP contribution in [0.25, 0.3) is 0 Å². The fraction of sp³-hybridized carbons (Fsp3) is 0.500. The molecule has 0 unspecified atom stereocenters. The van der Waals surface area contributed by atoms with E-state index in [1.54, 1.807) is 7.11 Å². The molecule has 4 nitrogen and oxygen atoms in total. The third-order valence-corrected chi connectivity index (χ3v) is 3.87. The molecule has 1 aliphatic rings. The second kappa shape index (κ2) is 5.02. The molecule has 0 atom stereocenters. The van der Waals surface area contributed by atoms with Gasteiger partial charge in [-0.1, -0.05) is 29.4 Å². The summed E-state index contributed by atoms with van der Waals surface area (Å²) in [6.45, 7) is 3.85. The third kappa shape index (κ3) is 2.75. The molecule has 0 aliphatic heterocycles. The highest BCUT2D eigenvalue weighted by Crippen LogP contribution is 2.40. The first-order chi connectivity index (χ1) is 9.58. The van der Waals surface area contributed by atoms with Gasteiger partial charge in [-0.15, -0.1) is 0 Å². The van der Waals surface area contributed by atoms with Crippen LogP contribution in [0.1, 0.15) is 55.4 Å². The van der Waals surface area contributed by atoms with E-state index in [4.69, 9.17) is 9.26 Å². The van der Waals surface area contributed by atoms with Gasteiger partial charge in [0.2, 0.25) is 11.7 Å². The topological polar surface area (TPSA) is 48.2 Å². The molecule has 0 bridgehead atoms. The molecule has 1 saturated carbocycles. The van der Waals surface area contributed by atoms with Crippen molar-refractivity contribution in [3.05, 3.63) is 47.1 Å². The fourth-order valence-corrected chi connectivity index (χ4v) is 2.21. The van der Waals surface area contributed by atoms with Crippen LogP contribution in [0.4, 0.5) is 0 Å². The first-order valence-electron chi connectivity index (χ1n) is 7.05. The molecule has 0 saturated heterocycles. The highest BCUT2D eigenvalue weighted by molar-refractivity contribution is 5.30. The van der Waals surface area contributed by atoms with Gasteiger partial charge in [-0.3, -0.25) is 0 Å². The molecular weight excluding hydrogens is 252 g/mol. The third-order valence-electron chi connectivity index (χ3n) is 3.87. The van der Waals surface area contributed by atoms with Gasteiger partial charge in [0.15, 0.2) is 0 Å². The lowest BCUT2D eigenvalue weighted by molar-refractivity contribution is 0.00973. The van der Waals surface area contributed by atoms with E-state index in [9.17, 15) is 0 Å². The molecular formula is C16H20N2O2. The van der Waals surface area contributed by atoms with Gasteiger partial charge in [-0.05, 0) is 43.7 Å². The molecule has 4 heteroatoms. The van der Waals surface area contributed by atoms with Crippen LogP contribution in [0, 0.1) is 0 Å². The maximum Gasteiger partial charge on any atom is 0.231 e. The molecule has 0 spiro atoms. The van der Waals surface area contributed by atoms with E-state index >= 15 is 0 Å². The average Bonchev–Trinajstić information content (AvgIpc) is 3.19. The number of hydrogen-bond donors (Lipinski definition) is 0. The zero-order chi connectivity index (χ0) is 14.2. The van der Waals surface area contributed by atoms with Gasteiger partial charge in [0, 0.05) is 7.11 Å². The van der Waals surface area contributed by atoms with Crippen molar-refractivity contribution >= 4 is 0 Å². The molecule has 1 aromatic heterocycles. The number of methoxy groups -OCH3 is 1. The summed E-state index contributed by atoms with van der Waals surface area (Å²) in [6, 6.07) is 8.67. The van der Waals surface area contributed by atoms with E-state index in [-0.39, 0.29) is 0 Å². The van der Waals surface area contributed by atoms with Crippen molar-refractivity contribution in [2.75, 3.05) is 7.11 Å². The Morgan fingerprint density at radius 2 is 2.15 bits per heavy atom. The van der Waals surface area contributed by atoms with E-state index in [0.29, 0.717) is 18.1 Å². The van der Waals surface area contributed by atoms with E-state index < -0.39 is 5.60 Å². The lowest BCUT2D eigenvalue weighted by Gasteiger charge is -2.17. The van der Waals surface area contributed by atoms with Crippen molar-refractivity contribution in [1.29, 1.82) is 0 Å². The monoisotopic (exact) mass is 272 g/mol. The highest BCUT2D eigenvalue weighted by Gasteiger charge is 2.26. The lowest BCUT2D eigenvalue weighted by atomic mass is 10.1. The standard InChI is InChI=1S/C16H20N2O2/c1-16(2,19-3)15-17-14(20-18-15)10-11-5-4-6-13(9-11)12-7-8-12/h4-6,9,12H,7-8,10H2,1-3H3. The van der Waals surface area contributed by atoms with Crippen molar-refractivity contribution in [3.8, 4) is 0 Å². The molecule has 1 heterocycles. The van der Waals surface area contributed by atoms with Gasteiger partial charge in [-0.25, -0.2) is 0 Å². The van der Waals surface area contributed by atoms with Crippen LogP contribution in [-0.2, 0) is 16.8 Å². The van der Waals surface area contributed by atoms with Gasteiger partial charge in [0.25, 0.3) is 0 Å². The largest absolute Gasteiger partial charge is 0.371 e. The van der Waals surface area contributed by atoms with Gasteiger partial charge in [-0.2, -0.15) is 4.98 Å². The number of ether oxygens (including phenoxy) is 1. The molecule has 3 rings (SSSR count). The maximum absolute atomic E-state index is 5.36. The Balaban J connectivity index is 1.76. The quantitative estimate of drug-likeness (QED) is 0.836. The number of benzene rings is 1. The van der Waals surface area contributed by atoms with Gasteiger partial charge in [0.05, 0.1) is 6.42 Å². The van der Waals surface area contributed by atoms with Crippen molar-refractivity contribution in [1.82, 2.24) is 10.1 Å². The minimum Gasteiger partial charge on any atom is -0.371 e. The Kier molecular flexibility index (Phi) is 3.34. The van der Waals surface area contributed by atoms with Crippen molar-refractivity contribution in [3.63, 3.8) is 0 Å². The summed E-state index contributed by atoms with van der Waals surface area (Å²) in [4.78, 5) is 4.44. The van der Waals surface area contributed by atoms with Crippen LogP contribution >= 0.6 is 0 Å². The van der Waals surface area contributed by atoms with Crippen LogP contribution in [-0.4, -0.2) is 17.3 Å². The predicted octanol–water partition coefficient (Wildman–Crippen LogP) is 3.42. The van der Waals surface area contributed by atoms with E-state index in [1.165, 1.54) is 24.0 Å². The van der Waals surface area contributed by atoms with Crippen LogP contribution in [0.5, 0.6) is 0 Å². The molecule has 0 N–H and O–H groups in total.